The molecule has 4 aromatic rings. The Bertz CT molecular complexity index is 1090. The lowest BCUT2D eigenvalue weighted by molar-refractivity contribution is -0.274. The molecule has 1 heterocycles. The van der Waals surface area contributed by atoms with Crippen molar-refractivity contribution in [1.82, 2.24) is 4.57 Å². The van der Waals surface area contributed by atoms with Crippen LogP contribution >= 0.6 is 0 Å². The SMILES string of the molecule is Cc1ccc(Cn2c[c]c3cc(-c4ccc(OC(F)(F)F)cc4)ccc32)cc1. The Labute approximate surface area is 160 Å². The second-order valence-electron chi connectivity index (χ2n) is 6.69. The normalized spacial score (nSPS) is 11.7. The van der Waals surface area contributed by atoms with Crippen LogP contribution in [0.3, 0.4) is 0 Å². The lowest BCUT2D eigenvalue weighted by Crippen LogP contribution is -2.16. The third kappa shape index (κ3) is 4.03. The van der Waals surface area contributed by atoms with Gasteiger partial charge in [0.05, 0.1) is 0 Å². The zero-order chi connectivity index (χ0) is 19.7. The minimum atomic E-state index is -4.68. The van der Waals surface area contributed by atoms with E-state index in [1.807, 2.05) is 24.4 Å². The third-order valence-corrected chi connectivity index (χ3v) is 4.58. The molecule has 1 radical (unpaired) electrons. The van der Waals surface area contributed by atoms with Gasteiger partial charge in [0.25, 0.3) is 0 Å². The number of nitrogens with zero attached hydrogens (tertiary/aromatic N) is 1. The molecule has 1 aromatic heterocycles. The van der Waals surface area contributed by atoms with Gasteiger partial charge in [-0.3, -0.25) is 0 Å². The number of hydrogen-bond donors (Lipinski definition) is 0. The maximum Gasteiger partial charge on any atom is 0.573 e. The fourth-order valence-corrected chi connectivity index (χ4v) is 3.17. The fourth-order valence-electron chi connectivity index (χ4n) is 3.17. The van der Waals surface area contributed by atoms with Gasteiger partial charge >= 0.3 is 6.36 Å². The molecule has 0 bridgehead atoms. The summed E-state index contributed by atoms with van der Waals surface area (Å²) in [5.74, 6) is -0.229. The van der Waals surface area contributed by atoms with E-state index in [2.05, 4.69) is 46.6 Å². The van der Waals surface area contributed by atoms with Crippen LogP contribution in [0, 0.1) is 13.0 Å². The number of ether oxygens (including phenoxy) is 1. The maximum absolute atomic E-state index is 12.3. The van der Waals surface area contributed by atoms with E-state index in [0.717, 1.165) is 28.6 Å². The molecule has 0 atom stereocenters. The number of hydrogen-bond acceptors (Lipinski definition) is 1. The van der Waals surface area contributed by atoms with E-state index in [0.29, 0.717) is 0 Å². The molecule has 28 heavy (non-hydrogen) atoms. The summed E-state index contributed by atoms with van der Waals surface area (Å²) in [4.78, 5) is 0. The second-order valence-corrected chi connectivity index (χ2v) is 6.69. The van der Waals surface area contributed by atoms with Gasteiger partial charge in [-0.05, 0) is 47.9 Å². The predicted molar refractivity (Wildman–Crippen MR) is 103 cm³/mol. The van der Waals surface area contributed by atoms with Crippen LogP contribution in [0.25, 0.3) is 22.0 Å². The van der Waals surface area contributed by atoms with E-state index >= 15 is 0 Å². The molecule has 0 saturated carbocycles. The molecule has 0 N–H and O–H groups in total. The average molecular weight is 380 g/mol. The van der Waals surface area contributed by atoms with Gasteiger partial charge in [0, 0.05) is 29.7 Å². The zero-order valence-corrected chi connectivity index (χ0v) is 15.1. The van der Waals surface area contributed by atoms with Crippen molar-refractivity contribution in [3.05, 3.63) is 90.1 Å². The van der Waals surface area contributed by atoms with Gasteiger partial charge in [-0.2, -0.15) is 0 Å². The van der Waals surface area contributed by atoms with Crippen molar-refractivity contribution in [3.8, 4) is 16.9 Å². The standard InChI is InChI=1S/C23H17F3NO/c1-16-2-4-17(5-3-16)15-27-13-12-20-14-19(8-11-22(20)27)18-6-9-21(10-7-18)28-23(24,25)26/h2-11,13-14H,15H2,1H3. The smallest absolute Gasteiger partial charge is 0.406 e. The van der Waals surface area contributed by atoms with E-state index < -0.39 is 6.36 Å². The minimum absolute atomic E-state index is 0.229. The molecule has 0 saturated heterocycles. The Hall–Kier alpha value is -3.21. The molecule has 0 aliphatic carbocycles. The first-order valence-electron chi connectivity index (χ1n) is 8.80. The summed E-state index contributed by atoms with van der Waals surface area (Å²) in [5, 5.41) is 0.959. The van der Waals surface area contributed by atoms with Crippen molar-refractivity contribution in [2.45, 2.75) is 19.8 Å². The fraction of sp³-hybridized carbons (Fsp3) is 0.130. The highest BCUT2D eigenvalue weighted by Gasteiger charge is 2.30. The number of rotatable bonds is 4. The van der Waals surface area contributed by atoms with Gasteiger partial charge in [-0.1, -0.05) is 48.0 Å². The lowest BCUT2D eigenvalue weighted by atomic mass is 10.0. The van der Waals surface area contributed by atoms with Crippen LogP contribution in [0.4, 0.5) is 13.2 Å². The van der Waals surface area contributed by atoms with E-state index in [1.165, 1.54) is 23.3 Å². The first kappa shape index (κ1) is 18.2. The Kier molecular flexibility index (Phi) is 4.59. The van der Waals surface area contributed by atoms with Crippen LogP contribution in [-0.2, 0) is 6.54 Å². The Morgan fingerprint density at radius 3 is 2.25 bits per heavy atom. The molecule has 0 fully saturated rings. The number of benzene rings is 3. The number of fused-ring (bicyclic) bond motifs is 1. The number of aryl methyl sites for hydroxylation is 1. The van der Waals surface area contributed by atoms with Crippen molar-refractivity contribution in [3.63, 3.8) is 0 Å². The molecule has 0 aliphatic heterocycles. The van der Waals surface area contributed by atoms with Crippen molar-refractivity contribution in [2.24, 2.45) is 0 Å². The molecule has 141 valence electrons. The number of halogens is 3. The summed E-state index contributed by atoms with van der Waals surface area (Å²) >= 11 is 0. The summed E-state index contributed by atoms with van der Waals surface area (Å²) in [7, 11) is 0. The highest BCUT2D eigenvalue weighted by molar-refractivity contribution is 5.85. The molecule has 4 rings (SSSR count). The van der Waals surface area contributed by atoms with Crippen LogP contribution in [0.2, 0.25) is 0 Å². The topological polar surface area (TPSA) is 14.2 Å². The van der Waals surface area contributed by atoms with E-state index in [4.69, 9.17) is 0 Å². The number of aromatic nitrogens is 1. The van der Waals surface area contributed by atoms with Crippen LogP contribution in [-0.4, -0.2) is 10.9 Å². The summed E-state index contributed by atoms with van der Waals surface area (Å²) in [6, 6.07) is 23.5. The molecule has 2 nitrogen and oxygen atoms in total. The summed E-state index contributed by atoms with van der Waals surface area (Å²) < 4.78 is 42.9. The Morgan fingerprint density at radius 1 is 0.893 bits per heavy atom. The van der Waals surface area contributed by atoms with Gasteiger partial charge < -0.3 is 9.30 Å². The molecule has 0 aliphatic rings. The first-order valence-corrected chi connectivity index (χ1v) is 8.80. The molecule has 3 aromatic carbocycles. The second kappa shape index (κ2) is 7.08. The van der Waals surface area contributed by atoms with Gasteiger partial charge in [-0.15, -0.1) is 13.2 Å². The van der Waals surface area contributed by atoms with Crippen molar-refractivity contribution in [1.29, 1.82) is 0 Å². The minimum Gasteiger partial charge on any atom is -0.406 e. The molecule has 0 unspecified atom stereocenters. The zero-order valence-electron chi connectivity index (χ0n) is 15.1. The molecule has 0 spiro atoms. The van der Waals surface area contributed by atoms with Gasteiger partial charge in [0.1, 0.15) is 5.75 Å². The van der Waals surface area contributed by atoms with Gasteiger partial charge in [-0.25, -0.2) is 0 Å². The van der Waals surface area contributed by atoms with Crippen molar-refractivity contribution in [2.75, 3.05) is 0 Å². The monoisotopic (exact) mass is 380 g/mol. The number of alkyl halides is 3. The van der Waals surface area contributed by atoms with Crippen molar-refractivity contribution < 1.29 is 17.9 Å². The molecule has 0 amide bonds. The summed E-state index contributed by atoms with van der Waals surface area (Å²) in [6.45, 7) is 2.81. The van der Waals surface area contributed by atoms with E-state index in [9.17, 15) is 13.2 Å². The van der Waals surface area contributed by atoms with Gasteiger partial charge in [0.2, 0.25) is 0 Å². The Balaban J connectivity index is 1.58. The van der Waals surface area contributed by atoms with E-state index in [1.54, 1.807) is 12.1 Å². The van der Waals surface area contributed by atoms with Crippen LogP contribution in [0.15, 0.2) is 72.9 Å². The first-order chi connectivity index (χ1) is 13.4. The molecule has 5 heteroatoms. The molecular weight excluding hydrogens is 363 g/mol. The molecular formula is C23H17F3NO. The average Bonchev–Trinajstić information content (AvgIpc) is 3.05. The summed E-state index contributed by atoms with van der Waals surface area (Å²) in [5.41, 5.74) is 5.22. The van der Waals surface area contributed by atoms with E-state index in [-0.39, 0.29) is 5.75 Å². The van der Waals surface area contributed by atoms with Crippen molar-refractivity contribution >= 4 is 10.9 Å². The Morgan fingerprint density at radius 2 is 1.57 bits per heavy atom. The summed E-state index contributed by atoms with van der Waals surface area (Å²) in [6.07, 6.45) is -2.76. The predicted octanol–water partition coefficient (Wildman–Crippen LogP) is 6.36. The lowest BCUT2D eigenvalue weighted by Gasteiger charge is -2.10. The quantitative estimate of drug-likeness (QED) is 0.402. The van der Waals surface area contributed by atoms with Gasteiger partial charge in [0.15, 0.2) is 0 Å². The van der Waals surface area contributed by atoms with Crippen LogP contribution in [0.5, 0.6) is 5.75 Å². The third-order valence-electron chi connectivity index (χ3n) is 4.58. The maximum atomic E-state index is 12.3. The van der Waals surface area contributed by atoms with Crippen LogP contribution in [0.1, 0.15) is 11.1 Å². The van der Waals surface area contributed by atoms with Crippen LogP contribution < -0.4 is 4.74 Å². The highest BCUT2D eigenvalue weighted by atomic mass is 19.4. The highest BCUT2D eigenvalue weighted by Crippen LogP contribution is 2.29. The largest absolute Gasteiger partial charge is 0.573 e.